The van der Waals surface area contributed by atoms with Crippen molar-refractivity contribution in [2.45, 2.75) is 45.7 Å². The van der Waals surface area contributed by atoms with Gasteiger partial charge in [-0.1, -0.05) is 74.9 Å². The average Bonchev–Trinajstić information content (AvgIpc) is 3.03. The number of fused-ring (bicyclic) bond motifs is 3. The number of nitrogens with zero attached hydrogens (tertiary/aromatic N) is 3. The molecule has 150 valence electrons. The second-order valence-electron chi connectivity index (χ2n) is 9.31. The van der Waals surface area contributed by atoms with E-state index in [0.717, 1.165) is 22.4 Å². The predicted octanol–water partition coefficient (Wildman–Crippen LogP) is 5.01. The number of rotatable bonds is 2. The summed E-state index contributed by atoms with van der Waals surface area (Å²) in [4.78, 5) is 15.9. The average molecular weight is 396 g/mol. The number of ketones is 1. The lowest BCUT2D eigenvalue weighted by molar-refractivity contribution is -0.127. The van der Waals surface area contributed by atoms with E-state index in [-0.39, 0.29) is 5.78 Å². The van der Waals surface area contributed by atoms with E-state index in [1.54, 1.807) is 0 Å². The molecule has 2 aromatic rings. The van der Waals surface area contributed by atoms with Crippen molar-refractivity contribution in [3.63, 3.8) is 0 Å². The Kier molecular flexibility index (Phi) is 4.55. The predicted molar refractivity (Wildman–Crippen MR) is 118 cm³/mol. The fourth-order valence-corrected chi connectivity index (χ4v) is 4.89. The monoisotopic (exact) mass is 395 g/mol. The van der Waals surface area contributed by atoms with Crippen LogP contribution in [0.5, 0.6) is 0 Å². The highest BCUT2D eigenvalue weighted by molar-refractivity contribution is 5.96. The molecule has 0 aromatic heterocycles. The van der Waals surface area contributed by atoms with Crippen LogP contribution in [0.2, 0.25) is 0 Å². The standard InChI is InChI=1S/C26H25N3O/c1-17-10-12-20-19(14-17)11-13-21-26(15-27,16-28)22(18-8-6-5-7-9-18)23(29(20)21)24(30)25(2,3)4/h5-14,21-23H,1-4H3/t21-,22+,23+/m0/s1. The first-order chi connectivity index (χ1) is 14.2. The molecule has 4 heteroatoms. The van der Waals surface area contributed by atoms with E-state index >= 15 is 0 Å². The molecule has 0 amide bonds. The van der Waals surface area contributed by atoms with Gasteiger partial charge in [-0.3, -0.25) is 4.79 Å². The van der Waals surface area contributed by atoms with Crippen LogP contribution in [0.15, 0.2) is 54.6 Å². The third-order valence-corrected chi connectivity index (χ3v) is 6.33. The largest absolute Gasteiger partial charge is 0.351 e. The maximum absolute atomic E-state index is 13.8. The molecular formula is C26H25N3O. The fraction of sp³-hybridized carbons (Fsp3) is 0.346. The van der Waals surface area contributed by atoms with Gasteiger partial charge in [0.25, 0.3) is 0 Å². The summed E-state index contributed by atoms with van der Waals surface area (Å²) in [5.41, 5.74) is 1.91. The molecule has 4 nitrogen and oxygen atoms in total. The number of nitriles is 2. The van der Waals surface area contributed by atoms with Gasteiger partial charge in [-0.2, -0.15) is 10.5 Å². The first kappa shape index (κ1) is 19.9. The fourth-order valence-electron chi connectivity index (χ4n) is 4.89. The highest BCUT2D eigenvalue weighted by Gasteiger charge is 2.64. The van der Waals surface area contributed by atoms with Gasteiger partial charge >= 0.3 is 0 Å². The minimum absolute atomic E-state index is 0.0375. The van der Waals surface area contributed by atoms with Gasteiger partial charge in [0.05, 0.1) is 24.2 Å². The quantitative estimate of drug-likeness (QED) is 0.717. The molecule has 0 radical (unpaired) electrons. The summed E-state index contributed by atoms with van der Waals surface area (Å²) in [5.74, 6) is -0.516. The Morgan fingerprint density at radius 1 is 1.07 bits per heavy atom. The lowest BCUT2D eigenvalue weighted by Gasteiger charge is -2.37. The van der Waals surface area contributed by atoms with E-state index in [4.69, 9.17) is 0 Å². The lowest BCUT2D eigenvalue weighted by atomic mass is 9.68. The molecule has 2 aliphatic heterocycles. The summed E-state index contributed by atoms with van der Waals surface area (Å²) in [6.07, 6.45) is 3.92. The maximum Gasteiger partial charge on any atom is 0.176 e. The van der Waals surface area contributed by atoms with Crippen LogP contribution in [0.3, 0.4) is 0 Å². The van der Waals surface area contributed by atoms with E-state index < -0.39 is 28.8 Å². The van der Waals surface area contributed by atoms with Crippen LogP contribution < -0.4 is 4.90 Å². The van der Waals surface area contributed by atoms with Gasteiger partial charge in [0, 0.05) is 17.0 Å². The zero-order chi connectivity index (χ0) is 21.7. The summed E-state index contributed by atoms with van der Waals surface area (Å²) in [7, 11) is 0. The summed E-state index contributed by atoms with van der Waals surface area (Å²) >= 11 is 0. The molecule has 0 aliphatic carbocycles. The van der Waals surface area contributed by atoms with Crippen molar-refractivity contribution in [3.8, 4) is 12.1 Å². The topological polar surface area (TPSA) is 67.9 Å². The van der Waals surface area contributed by atoms with Gasteiger partial charge in [0.2, 0.25) is 0 Å². The highest BCUT2D eigenvalue weighted by atomic mass is 16.1. The SMILES string of the molecule is Cc1ccc2c(c1)C=C[C@@H]1N2[C@@H](C(=O)C(C)(C)C)[C@@H](c2ccccc2)C1(C#N)C#N. The Bertz CT molecular complexity index is 1100. The number of hydrogen-bond acceptors (Lipinski definition) is 4. The molecule has 30 heavy (non-hydrogen) atoms. The van der Waals surface area contributed by atoms with Gasteiger partial charge in [0.1, 0.15) is 0 Å². The first-order valence-corrected chi connectivity index (χ1v) is 10.2. The van der Waals surface area contributed by atoms with Gasteiger partial charge in [-0.15, -0.1) is 0 Å². The Morgan fingerprint density at radius 2 is 1.73 bits per heavy atom. The van der Waals surface area contributed by atoms with Crippen LogP contribution >= 0.6 is 0 Å². The van der Waals surface area contributed by atoms with Crippen molar-refractivity contribution in [1.29, 1.82) is 10.5 Å². The van der Waals surface area contributed by atoms with Crippen LogP contribution in [0.1, 0.15) is 43.4 Å². The molecule has 0 N–H and O–H groups in total. The third-order valence-electron chi connectivity index (χ3n) is 6.33. The number of anilines is 1. The molecular weight excluding hydrogens is 370 g/mol. The van der Waals surface area contributed by atoms with Gasteiger partial charge in [0.15, 0.2) is 11.2 Å². The Balaban J connectivity index is 2.03. The minimum Gasteiger partial charge on any atom is -0.351 e. The molecule has 0 saturated carbocycles. The van der Waals surface area contributed by atoms with E-state index in [2.05, 4.69) is 18.2 Å². The number of Topliss-reactive ketones (excluding diaryl/α,β-unsaturated/α-hetero) is 1. The first-order valence-electron chi connectivity index (χ1n) is 10.2. The van der Waals surface area contributed by atoms with Crippen LogP contribution in [-0.4, -0.2) is 17.9 Å². The molecule has 2 heterocycles. The van der Waals surface area contributed by atoms with Gasteiger partial charge in [-0.25, -0.2) is 0 Å². The van der Waals surface area contributed by atoms with Crippen molar-refractivity contribution >= 4 is 17.5 Å². The molecule has 1 saturated heterocycles. The van der Waals surface area contributed by atoms with Crippen molar-refractivity contribution < 1.29 is 4.79 Å². The van der Waals surface area contributed by atoms with Crippen molar-refractivity contribution in [2.75, 3.05) is 4.90 Å². The van der Waals surface area contributed by atoms with E-state index in [1.165, 1.54) is 0 Å². The Labute approximate surface area is 178 Å². The van der Waals surface area contributed by atoms with Crippen LogP contribution in [0.25, 0.3) is 6.08 Å². The number of benzene rings is 2. The molecule has 2 aromatic carbocycles. The molecule has 1 fully saturated rings. The number of hydrogen-bond donors (Lipinski definition) is 0. The number of carbonyl (C=O) groups is 1. The van der Waals surface area contributed by atoms with E-state index in [1.807, 2.05) is 87.2 Å². The number of carbonyl (C=O) groups excluding carboxylic acids is 1. The van der Waals surface area contributed by atoms with Crippen LogP contribution in [0, 0.1) is 40.4 Å². The maximum atomic E-state index is 13.8. The smallest absolute Gasteiger partial charge is 0.176 e. The third kappa shape index (κ3) is 2.76. The summed E-state index contributed by atoms with van der Waals surface area (Å²) in [5, 5.41) is 20.7. The summed E-state index contributed by atoms with van der Waals surface area (Å²) in [6.45, 7) is 7.74. The second-order valence-corrected chi connectivity index (χ2v) is 9.31. The summed E-state index contributed by atoms with van der Waals surface area (Å²) < 4.78 is 0. The summed E-state index contributed by atoms with van der Waals surface area (Å²) in [6, 6.07) is 19.3. The molecule has 2 aliphatic rings. The number of aryl methyl sites for hydroxylation is 1. The zero-order valence-electron chi connectivity index (χ0n) is 17.8. The van der Waals surface area contributed by atoms with Crippen molar-refractivity contribution in [3.05, 3.63) is 71.3 Å². The molecule has 0 spiro atoms. The molecule has 0 bridgehead atoms. The molecule has 0 unspecified atom stereocenters. The van der Waals surface area contributed by atoms with Crippen LogP contribution in [0.4, 0.5) is 5.69 Å². The van der Waals surface area contributed by atoms with Crippen LogP contribution in [-0.2, 0) is 4.79 Å². The molecule has 4 rings (SSSR count). The Morgan fingerprint density at radius 3 is 2.33 bits per heavy atom. The Hall–Kier alpha value is -3.37. The van der Waals surface area contributed by atoms with Crippen molar-refractivity contribution in [2.24, 2.45) is 10.8 Å². The van der Waals surface area contributed by atoms with E-state index in [0.29, 0.717) is 0 Å². The van der Waals surface area contributed by atoms with Gasteiger partial charge < -0.3 is 4.90 Å². The highest BCUT2D eigenvalue weighted by Crippen LogP contribution is 2.56. The second kappa shape index (κ2) is 6.85. The molecule has 3 atom stereocenters. The minimum atomic E-state index is -1.37. The lowest BCUT2D eigenvalue weighted by Crippen LogP contribution is -2.47. The van der Waals surface area contributed by atoms with Gasteiger partial charge in [-0.05, 0) is 30.2 Å². The van der Waals surface area contributed by atoms with E-state index in [9.17, 15) is 15.3 Å². The normalized spacial score (nSPS) is 23.8. The zero-order valence-corrected chi connectivity index (χ0v) is 17.8. The van der Waals surface area contributed by atoms with Crippen molar-refractivity contribution in [1.82, 2.24) is 0 Å².